The molecule has 142 valence electrons. The van der Waals surface area contributed by atoms with Crippen LogP contribution in [0.5, 0.6) is 5.88 Å². The average Bonchev–Trinajstić information content (AvgIpc) is 3.46. The lowest BCUT2D eigenvalue weighted by Gasteiger charge is -2.12. The van der Waals surface area contributed by atoms with Crippen LogP contribution >= 0.6 is 11.3 Å². The van der Waals surface area contributed by atoms with Gasteiger partial charge in [-0.2, -0.15) is 16.6 Å². The fraction of sp³-hybridized carbons (Fsp3) is 0.0455. The summed E-state index contributed by atoms with van der Waals surface area (Å²) >= 11 is 1.55. The molecule has 0 atom stereocenters. The second-order valence-electron chi connectivity index (χ2n) is 6.13. The molecular formula is C22H14N2O4S. The lowest BCUT2D eigenvalue weighted by atomic mass is 10.0. The fourth-order valence-electron chi connectivity index (χ4n) is 2.81. The molecule has 0 unspecified atom stereocenters. The first-order valence-corrected chi connectivity index (χ1v) is 9.56. The molecule has 3 heterocycles. The van der Waals surface area contributed by atoms with Crippen LogP contribution in [0, 0.1) is 11.3 Å². The van der Waals surface area contributed by atoms with Crippen molar-refractivity contribution < 1.29 is 19.1 Å². The SMILES string of the molecule is N#Cc1c(-c2ccco2)cc(-c2ccsc2)nc1OCc1ccc(C(=O)O)cc1. The predicted molar refractivity (Wildman–Crippen MR) is 108 cm³/mol. The minimum atomic E-state index is -0.988. The third kappa shape index (κ3) is 3.88. The zero-order chi connectivity index (χ0) is 20.2. The summed E-state index contributed by atoms with van der Waals surface area (Å²) in [7, 11) is 0. The number of carboxylic acids is 1. The van der Waals surface area contributed by atoms with Crippen LogP contribution in [0.3, 0.4) is 0 Å². The molecule has 0 amide bonds. The summed E-state index contributed by atoms with van der Waals surface area (Å²) in [5, 5.41) is 22.7. The number of pyridine rings is 1. The minimum absolute atomic E-state index is 0.145. The molecule has 1 N–H and O–H groups in total. The summed E-state index contributed by atoms with van der Waals surface area (Å²) in [4.78, 5) is 15.5. The molecule has 0 aliphatic carbocycles. The van der Waals surface area contributed by atoms with Gasteiger partial charge in [0.25, 0.3) is 0 Å². The van der Waals surface area contributed by atoms with E-state index in [1.807, 2.05) is 22.9 Å². The van der Waals surface area contributed by atoms with E-state index in [2.05, 4.69) is 11.1 Å². The Hall–Kier alpha value is -3.89. The number of furan rings is 1. The molecular weight excluding hydrogens is 388 g/mol. The Morgan fingerprint density at radius 2 is 2.07 bits per heavy atom. The van der Waals surface area contributed by atoms with Crippen LogP contribution < -0.4 is 4.74 Å². The first-order chi connectivity index (χ1) is 14.2. The summed E-state index contributed by atoms with van der Waals surface area (Å²) < 4.78 is 11.4. The third-order valence-electron chi connectivity index (χ3n) is 4.28. The number of hydrogen-bond donors (Lipinski definition) is 1. The zero-order valence-electron chi connectivity index (χ0n) is 15.0. The van der Waals surface area contributed by atoms with Gasteiger partial charge in [0, 0.05) is 16.5 Å². The number of aromatic carboxylic acids is 1. The topological polar surface area (TPSA) is 96.4 Å². The summed E-state index contributed by atoms with van der Waals surface area (Å²) in [6.45, 7) is 0.145. The van der Waals surface area contributed by atoms with E-state index in [0.29, 0.717) is 17.0 Å². The molecule has 0 saturated heterocycles. The number of thiophene rings is 1. The van der Waals surface area contributed by atoms with Crippen LogP contribution in [0.2, 0.25) is 0 Å². The van der Waals surface area contributed by atoms with Crippen LogP contribution in [-0.4, -0.2) is 16.1 Å². The van der Waals surface area contributed by atoms with Crippen molar-refractivity contribution in [3.05, 3.63) is 82.2 Å². The Labute approximate surface area is 170 Å². The van der Waals surface area contributed by atoms with Gasteiger partial charge >= 0.3 is 5.97 Å². The number of rotatable bonds is 6. The van der Waals surface area contributed by atoms with Gasteiger partial charge in [-0.3, -0.25) is 0 Å². The maximum absolute atomic E-state index is 11.0. The van der Waals surface area contributed by atoms with E-state index in [-0.39, 0.29) is 23.6 Å². The van der Waals surface area contributed by atoms with Gasteiger partial charge in [0.1, 0.15) is 24.0 Å². The van der Waals surface area contributed by atoms with Crippen molar-refractivity contribution in [1.29, 1.82) is 5.26 Å². The zero-order valence-corrected chi connectivity index (χ0v) is 15.8. The van der Waals surface area contributed by atoms with E-state index < -0.39 is 5.97 Å². The number of hydrogen-bond acceptors (Lipinski definition) is 6. The Bertz CT molecular complexity index is 1180. The molecule has 4 rings (SSSR count). The average molecular weight is 402 g/mol. The molecule has 0 saturated carbocycles. The first-order valence-electron chi connectivity index (χ1n) is 8.62. The molecule has 1 aromatic carbocycles. The molecule has 29 heavy (non-hydrogen) atoms. The van der Waals surface area contributed by atoms with Crippen LogP contribution in [-0.2, 0) is 6.61 Å². The van der Waals surface area contributed by atoms with Gasteiger partial charge in [-0.1, -0.05) is 12.1 Å². The monoisotopic (exact) mass is 402 g/mol. The van der Waals surface area contributed by atoms with E-state index in [4.69, 9.17) is 14.3 Å². The molecule has 0 fully saturated rings. The highest BCUT2D eigenvalue weighted by Gasteiger charge is 2.18. The van der Waals surface area contributed by atoms with Crippen molar-refractivity contribution in [1.82, 2.24) is 4.98 Å². The second-order valence-corrected chi connectivity index (χ2v) is 6.91. The number of ether oxygens (including phenoxy) is 1. The number of nitriles is 1. The van der Waals surface area contributed by atoms with Crippen LogP contribution in [0.15, 0.2) is 70.0 Å². The Morgan fingerprint density at radius 3 is 2.69 bits per heavy atom. The third-order valence-corrected chi connectivity index (χ3v) is 4.96. The number of carboxylic acid groups (broad SMARTS) is 1. The number of benzene rings is 1. The molecule has 4 aromatic rings. The molecule has 0 radical (unpaired) electrons. The predicted octanol–water partition coefficient (Wildman–Crippen LogP) is 5.22. The summed E-state index contributed by atoms with van der Waals surface area (Å²) in [6.07, 6.45) is 1.55. The number of aromatic nitrogens is 1. The van der Waals surface area contributed by atoms with E-state index in [1.165, 1.54) is 12.1 Å². The lowest BCUT2D eigenvalue weighted by Crippen LogP contribution is -2.03. The molecule has 3 aromatic heterocycles. The Kier molecular flexibility index (Phi) is 5.10. The van der Waals surface area contributed by atoms with Gasteiger partial charge in [-0.05, 0) is 47.3 Å². The van der Waals surface area contributed by atoms with Crippen LogP contribution in [0.4, 0.5) is 0 Å². The van der Waals surface area contributed by atoms with E-state index in [1.54, 1.807) is 41.9 Å². The standard InChI is InChI=1S/C22H14N2O4S/c23-11-18-17(20-2-1-8-27-20)10-19(16-7-9-29-13-16)24-21(18)28-12-14-3-5-15(6-4-14)22(25)26/h1-10,13H,12H2,(H,25,26). The minimum Gasteiger partial charge on any atom is -0.478 e. The quantitative estimate of drug-likeness (QED) is 0.475. The molecule has 7 heteroatoms. The second kappa shape index (κ2) is 8.00. The van der Waals surface area contributed by atoms with Gasteiger partial charge in [0.15, 0.2) is 0 Å². The van der Waals surface area contributed by atoms with Crippen molar-refractivity contribution in [2.45, 2.75) is 6.61 Å². The summed E-state index contributed by atoms with van der Waals surface area (Å²) in [5.74, 6) is -0.238. The van der Waals surface area contributed by atoms with Crippen molar-refractivity contribution in [3.8, 4) is 34.5 Å². The van der Waals surface area contributed by atoms with Crippen molar-refractivity contribution in [2.75, 3.05) is 0 Å². The van der Waals surface area contributed by atoms with E-state index in [9.17, 15) is 10.1 Å². The van der Waals surface area contributed by atoms with Crippen molar-refractivity contribution >= 4 is 17.3 Å². The number of nitrogens with zero attached hydrogens (tertiary/aromatic N) is 2. The van der Waals surface area contributed by atoms with Gasteiger partial charge in [0.2, 0.25) is 5.88 Å². The maximum atomic E-state index is 11.0. The fourth-order valence-corrected chi connectivity index (χ4v) is 3.46. The lowest BCUT2D eigenvalue weighted by molar-refractivity contribution is 0.0697. The molecule has 0 aliphatic rings. The highest BCUT2D eigenvalue weighted by Crippen LogP contribution is 2.34. The first kappa shape index (κ1) is 18.5. The highest BCUT2D eigenvalue weighted by atomic mass is 32.1. The highest BCUT2D eigenvalue weighted by molar-refractivity contribution is 7.08. The van der Waals surface area contributed by atoms with Gasteiger partial charge in [0.05, 0.1) is 17.5 Å². The summed E-state index contributed by atoms with van der Waals surface area (Å²) in [6, 6.07) is 15.8. The van der Waals surface area contributed by atoms with E-state index in [0.717, 1.165) is 11.1 Å². The largest absolute Gasteiger partial charge is 0.478 e. The van der Waals surface area contributed by atoms with E-state index >= 15 is 0 Å². The van der Waals surface area contributed by atoms with Crippen molar-refractivity contribution in [3.63, 3.8) is 0 Å². The van der Waals surface area contributed by atoms with Crippen LogP contribution in [0.1, 0.15) is 21.5 Å². The van der Waals surface area contributed by atoms with Crippen molar-refractivity contribution in [2.24, 2.45) is 0 Å². The Morgan fingerprint density at radius 1 is 1.24 bits per heavy atom. The van der Waals surface area contributed by atoms with Crippen LogP contribution in [0.25, 0.3) is 22.6 Å². The Balaban J connectivity index is 1.71. The molecule has 0 aliphatic heterocycles. The smallest absolute Gasteiger partial charge is 0.335 e. The summed E-state index contributed by atoms with van der Waals surface area (Å²) in [5.41, 5.74) is 3.44. The molecule has 0 bridgehead atoms. The maximum Gasteiger partial charge on any atom is 0.335 e. The normalized spacial score (nSPS) is 10.4. The van der Waals surface area contributed by atoms with Gasteiger partial charge < -0.3 is 14.3 Å². The molecule has 6 nitrogen and oxygen atoms in total. The molecule has 0 spiro atoms. The number of carbonyl (C=O) groups is 1. The van der Waals surface area contributed by atoms with Gasteiger partial charge in [-0.25, -0.2) is 9.78 Å². The van der Waals surface area contributed by atoms with Gasteiger partial charge in [-0.15, -0.1) is 0 Å².